The predicted octanol–water partition coefficient (Wildman–Crippen LogP) is 4.83. The first-order valence-electron chi connectivity index (χ1n) is 8.43. The molecular weight excluding hydrogens is 298 g/mol. The molecule has 122 valence electrons. The Morgan fingerprint density at radius 3 is 2.58 bits per heavy atom. The molecule has 0 spiro atoms. The fraction of sp³-hybridized carbons (Fsp3) is 0.286. The van der Waals surface area contributed by atoms with Crippen LogP contribution in [0, 0.1) is 19.8 Å². The van der Waals surface area contributed by atoms with E-state index < -0.39 is 5.97 Å². The van der Waals surface area contributed by atoms with Crippen molar-refractivity contribution in [2.75, 3.05) is 5.32 Å². The van der Waals surface area contributed by atoms with Crippen LogP contribution < -0.4 is 5.32 Å². The van der Waals surface area contributed by atoms with Gasteiger partial charge in [-0.3, -0.25) is 0 Å². The number of anilines is 1. The third kappa shape index (κ3) is 2.23. The Labute approximate surface area is 142 Å². The minimum absolute atomic E-state index is 0.209. The standard InChI is InChI=1S/C21H21NO2/c1-12-6-8-14(9-7-12)20-17-5-3-4-16(17)18-11-10-15(21(23)24)13(2)19(18)22-20/h3-4,6-11,16-17,20,22H,5H2,1-2H3,(H,23,24)/t16-,17-,20-/m0/s1. The smallest absolute Gasteiger partial charge is 0.336 e. The average molecular weight is 319 g/mol. The third-order valence-corrected chi connectivity index (χ3v) is 5.46. The molecule has 2 aliphatic rings. The summed E-state index contributed by atoms with van der Waals surface area (Å²) in [6, 6.07) is 12.6. The van der Waals surface area contributed by atoms with E-state index >= 15 is 0 Å². The number of carbonyl (C=O) groups is 1. The predicted molar refractivity (Wildman–Crippen MR) is 95.7 cm³/mol. The SMILES string of the molecule is Cc1ccc([C@@H]2Nc3c(ccc(C(=O)O)c3C)[C@H]3C=CC[C@@H]32)cc1. The van der Waals surface area contributed by atoms with Gasteiger partial charge in [0.1, 0.15) is 0 Å². The molecule has 1 aliphatic heterocycles. The van der Waals surface area contributed by atoms with Gasteiger partial charge in [-0.05, 0) is 48.9 Å². The Bertz CT molecular complexity index is 836. The largest absolute Gasteiger partial charge is 0.478 e. The van der Waals surface area contributed by atoms with Gasteiger partial charge in [-0.1, -0.05) is 48.0 Å². The second kappa shape index (κ2) is 5.52. The maximum absolute atomic E-state index is 11.5. The number of hydrogen-bond donors (Lipinski definition) is 2. The van der Waals surface area contributed by atoms with Crippen LogP contribution in [0.15, 0.2) is 48.6 Å². The van der Waals surface area contributed by atoms with E-state index in [2.05, 4.69) is 48.7 Å². The van der Waals surface area contributed by atoms with E-state index in [-0.39, 0.29) is 6.04 Å². The second-order valence-electron chi connectivity index (χ2n) is 6.89. The minimum atomic E-state index is -0.868. The summed E-state index contributed by atoms with van der Waals surface area (Å²) >= 11 is 0. The van der Waals surface area contributed by atoms with Crippen molar-refractivity contribution in [3.05, 3.63) is 76.4 Å². The van der Waals surface area contributed by atoms with Crippen molar-refractivity contribution in [1.82, 2.24) is 0 Å². The summed E-state index contributed by atoms with van der Waals surface area (Å²) in [5.74, 6) is -0.0301. The highest BCUT2D eigenvalue weighted by molar-refractivity contribution is 5.92. The van der Waals surface area contributed by atoms with Crippen molar-refractivity contribution in [2.45, 2.75) is 32.2 Å². The van der Waals surface area contributed by atoms with Crippen LogP contribution in [0.5, 0.6) is 0 Å². The summed E-state index contributed by atoms with van der Waals surface area (Å²) in [5.41, 5.74) is 5.94. The first-order chi connectivity index (χ1) is 11.6. The topological polar surface area (TPSA) is 49.3 Å². The molecule has 0 bridgehead atoms. The number of benzene rings is 2. The highest BCUT2D eigenvalue weighted by atomic mass is 16.4. The van der Waals surface area contributed by atoms with E-state index in [1.165, 1.54) is 16.7 Å². The molecule has 4 rings (SSSR count). The molecule has 0 saturated heterocycles. The lowest BCUT2D eigenvalue weighted by molar-refractivity contribution is 0.0696. The van der Waals surface area contributed by atoms with Gasteiger partial charge in [0, 0.05) is 11.6 Å². The number of aryl methyl sites for hydroxylation is 1. The number of aromatic carboxylic acids is 1. The zero-order chi connectivity index (χ0) is 16.8. The van der Waals surface area contributed by atoms with Gasteiger partial charge in [0.15, 0.2) is 0 Å². The van der Waals surface area contributed by atoms with Crippen LogP contribution in [-0.4, -0.2) is 11.1 Å². The second-order valence-corrected chi connectivity index (χ2v) is 6.89. The minimum Gasteiger partial charge on any atom is -0.478 e. The number of carboxylic acid groups (broad SMARTS) is 1. The van der Waals surface area contributed by atoms with Gasteiger partial charge < -0.3 is 10.4 Å². The van der Waals surface area contributed by atoms with E-state index in [1.54, 1.807) is 6.07 Å². The molecule has 3 heteroatoms. The van der Waals surface area contributed by atoms with E-state index in [9.17, 15) is 9.90 Å². The summed E-state index contributed by atoms with van der Waals surface area (Å²) in [6.07, 6.45) is 5.59. The van der Waals surface area contributed by atoms with Crippen LogP contribution in [0.1, 0.15) is 51.0 Å². The fourth-order valence-corrected chi connectivity index (χ4v) is 4.15. The molecular formula is C21H21NO2. The van der Waals surface area contributed by atoms with E-state index in [0.717, 1.165) is 17.7 Å². The lowest BCUT2D eigenvalue weighted by Crippen LogP contribution is -2.30. The Morgan fingerprint density at radius 2 is 1.88 bits per heavy atom. The van der Waals surface area contributed by atoms with E-state index in [1.807, 2.05) is 13.0 Å². The molecule has 24 heavy (non-hydrogen) atoms. The molecule has 0 fully saturated rings. The molecule has 1 heterocycles. The van der Waals surface area contributed by atoms with Gasteiger partial charge >= 0.3 is 5.97 Å². The molecule has 2 N–H and O–H groups in total. The molecule has 3 atom stereocenters. The van der Waals surface area contributed by atoms with Crippen LogP contribution in [0.25, 0.3) is 0 Å². The van der Waals surface area contributed by atoms with E-state index in [0.29, 0.717) is 17.4 Å². The van der Waals surface area contributed by atoms with Gasteiger partial charge in [0.05, 0.1) is 11.6 Å². The zero-order valence-electron chi connectivity index (χ0n) is 13.9. The van der Waals surface area contributed by atoms with Gasteiger partial charge in [-0.25, -0.2) is 4.79 Å². The number of rotatable bonds is 2. The third-order valence-electron chi connectivity index (χ3n) is 5.46. The Morgan fingerprint density at radius 1 is 1.12 bits per heavy atom. The highest BCUT2D eigenvalue weighted by Gasteiger charge is 2.38. The molecule has 0 unspecified atom stereocenters. The van der Waals surface area contributed by atoms with Crippen LogP contribution in [0.3, 0.4) is 0 Å². The molecule has 2 aromatic carbocycles. The van der Waals surface area contributed by atoms with Crippen molar-refractivity contribution in [3.8, 4) is 0 Å². The number of carboxylic acids is 1. The lowest BCUT2D eigenvalue weighted by Gasteiger charge is -2.38. The lowest BCUT2D eigenvalue weighted by atomic mass is 9.76. The van der Waals surface area contributed by atoms with Crippen LogP contribution in [0.2, 0.25) is 0 Å². The normalized spacial score (nSPS) is 24.2. The maximum atomic E-state index is 11.5. The maximum Gasteiger partial charge on any atom is 0.336 e. The molecule has 2 aromatic rings. The van der Waals surface area contributed by atoms with E-state index in [4.69, 9.17) is 0 Å². The first-order valence-corrected chi connectivity index (χ1v) is 8.43. The molecule has 0 radical (unpaired) electrons. The number of allylic oxidation sites excluding steroid dienone is 2. The summed E-state index contributed by atoms with van der Waals surface area (Å²) in [6.45, 7) is 4.00. The Hall–Kier alpha value is -2.55. The van der Waals surface area contributed by atoms with Crippen molar-refractivity contribution in [3.63, 3.8) is 0 Å². The average Bonchev–Trinajstić information content (AvgIpc) is 3.05. The fourth-order valence-electron chi connectivity index (χ4n) is 4.15. The molecule has 0 aromatic heterocycles. The quantitative estimate of drug-likeness (QED) is 0.780. The number of hydrogen-bond acceptors (Lipinski definition) is 2. The van der Waals surface area contributed by atoms with Gasteiger partial charge in [-0.2, -0.15) is 0 Å². The number of fused-ring (bicyclic) bond motifs is 3. The molecule has 1 aliphatic carbocycles. The summed E-state index contributed by atoms with van der Waals surface area (Å²) < 4.78 is 0. The summed E-state index contributed by atoms with van der Waals surface area (Å²) in [7, 11) is 0. The van der Waals surface area contributed by atoms with Crippen LogP contribution >= 0.6 is 0 Å². The monoisotopic (exact) mass is 319 g/mol. The van der Waals surface area contributed by atoms with Crippen LogP contribution in [-0.2, 0) is 0 Å². The summed E-state index contributed by atoms with van der Waals surface area (Å²) in [4.78, 5) is 11.5. The number of nitrogens with one attached hydrogen (secondary N) is 1. The van der Waals surface area contributed by atoms with Crippen molar-refractivity contribution < 1.29 is 9.90 Å². The van der Waals surface area contributed by atoms with Crippen LogP contribution in [0.4, 0.5) is 5.69 Å². The molecule has 0 amide bonds. The van der Waals surface area contributed by atoms with Crippen molar-refractivity contribution in [2.24, 2.45) is 5.92 Å². The van der Waals surface area contributed by atoms with Gasteiger partial charge in [0.25, 0.3) is 0 Å². The zero-order valence-corrected chi connectivity index (χ0v) is 13.9. The van der Waals surface area contributed by atoms with Crippen molar-refractivity contribution >= 4 is 11.7 Å². The first kappa shape index (κ1) is 15.0. The Kier molecular flexibility index (Phi) is 3.45. The molecule has 3 nitrogen and oxygen atoms in total. The summed E-state index contributed by atoms with van der Waals surface area (Å²) in [5, 5.41) is 13.1. The van der Waals surface area contributed by atoms with Gasteiger partial charge in [0.2, 0.25) is 0 Å². The highest BCUT2D eigenvalue weighted by Crippen LogP contribution is 2.50. The van der Waals surface area contributed by atoms with Gasteiger partial charge in [-0.15, -0.1) is 0 Å². The molecule has 0 saturated carbocycles. The Balaban J connectivity index is 1.83. The van der Waals surface area contributed by atoms with Crippen molar-refractivity contribution in [1.29, 1.82) is 0 Å².